The fourth-order valence-electron chi connectivity index (χ4n) is 2.50. The SMILES string of the molecule is O=C1OCCC1Cn1c(=O)n(S(=O)(=O)O)c2ccccc21. The van der Waals surface area contributed by atoms with Crippen LogP contribution in [0.1, 0.15) is 6.42 Å². The Balaban J connectivity index is 2.21. The molecule has 0 amide bonds. The summed E-state index contributed by atoms with van der Waals surface area (Å²) in [5.41, 5.74) is -0.505. The van der Waals surface area contributed by atoms with Gasteiger partial charge in [0.05, 0.1) is 23.6 Å². The van der Waals surface area contributed by atoms with E-state index in [-0.39, 0.29) is 18.7 Å². The fourth-order valence-corrected chi connectivity index (χ4v) is 3.20. The normalized spacial score (nSPS) is 19.1. The number of benzene rings is 1. The van der Waals surface area contributed by atoms with Gasteiger partial charge in [0.1, 0.15) is 0 Å². The first-order valence-electron chi connectivity index (χ1n) is 6.24. The van der Waals surface area contributed by atoms with Crippen LogP contribution >= 0.6 is 0 Å². The highest BCUT2D eigenvalue weighted by Gasteiger charge is 2.29. The molecule has 0 aliphatic carbocycles. The maximum atomic E-state index is 12.3. The molecule has 8 nitrogen and oxygen atoms in total. The van der Waals surface area contributed by atoms with E-state index >= 15 is 0 Å². The summed E-state index contributed by atoms with van der Waals surface area (Å²) >= 11 is 0. The van der Waals surface area contributed by atoms with Gasteiger partial charge in [0.15, 0.2) is 0 Å². The Hall–Kier alpha value is -2.13. The summed E-state index contributed by atoms with van der Waals surface area (Å²) in [5.74, 6) is -0.908. The molecule has 1 fully saturated rings. The molecule has 1 aromatic carbocycles. The van der Waals surface area contributed by atoms with Gasteiger partial charge in [-0.3, -0.25) is 13.9 Å². The van der Waals surface area contributed by atoms with Crippen LogP contribution in [0.5, 0.6) is 0 Å². The van der Waals surface area contributed by atoms with Crippen molar-refractivity contribution >= 4 is 27.3 Å². The molecule has 1 unspecified atom stereocenters. The zero-order valence-electron chi connectivity index (χ0n) is 10.8. The molecular weight excluding hydrogens is 300 g/mol. The number of fused-ring (bicyclic) bond motifs is 1. The molecule has 0 spiro atoms. The van der Waals surface area contributed by atoms with E-state index in [4.69, 9.17) is 4.74 Å². The Morgan fingerprint density at radius 3 is 2.48 bits per heavy atom. The molecule has 1 atom stereocenters. The quantitative estimate of drug-likeness (QED) is 0.632. The molecule has 0 radical (unpaired) electrons. The first-order chi connectivity index (χ1) is 9.89. The second-order valence-corrected chi connectivity index (χ2v) is 6.04. The first-order valence-corrected chi connectivity index (χ1v) is 7.64. The molecule has 2 aromatic rings. The molecule has 1 saturated heterocycles. The lowest BCUT2D eigenvalue weighted by molar-refractivity contribution is -0.141. The van der Waals surface area contributed by atoms with Gasteiger partial charge in [-0.15, -0.1) is 0 Å². The number of imidazole rings is 1. The van der Waals surface area contributed by atoms with Crippen LogP contribution < -0.4 is 5.69 Å². The van der Waals surface area contributed by atoms with Crippen LogP contribution in [0.25, 0.3) is 11.0 Å². The van der Waals surface area contributed by atoms with Crippen molar-refractivity contribution in [3.63, 3.8) is 0 Å². The number of cyclic esters (lactones) is 1. The maximum Gasteiger partial charge on any atom is 0.368 e. The molecule has 0 saturated carbocycles. The second kappa shape index (κ2) is 4.71. The van der Waals surface area contributed by atoms with Gasteiger partial charge in [-0.25, -0.2) is 4.79 Å². The van der Waals surface area contributed by atoms with E-state index in [0.717, 1.165) is 0 Å². The Labute approximate surface area is 119 Å². The van der Waals surface area contributed by atoms with E-state index in [2.05, 4.69) is 0 Å². The molecule has 1 aromatic heterocycles. The molecular formula is C12H12N2O6S. The summed E-state index contributed by atoms with van der Waals surface area (Å²) in [6, 6.07) is 6.16. The standard InChI is InChI=1S/C12H12N2O6S/c15-11-8(5-6-20-11)7-13-9-3-1-2-4-10(9)14(12(13)16)21(17,18)19/h1-4,8H,5-7H2,(H,17,18,19). The Morgan fingerprint density at radius 2 is 1.90 bits per heavy atom. The Bertz CT molecular complexity index is 879. The lowest BCUT2D eigenvalue weighted by Gasteiger charge is -2.06. The summed E-state index contributed by atoms with van der Waals surface area (Å²) in [4.78, 5) is 23.8. The highest BCUT2D eigenvalue weighted by atomic mass is 32.2. The van der Waals surface area contributed by atoms with Crippen molar-refractivity contribution in [2.75, 3.05) is 6.61 Å². The third-order valence-corrected chi connectivity index (χ3v) is 4.29. The average Bonchev–Trinajstić information content (AvgIpc) is 2.92. The largest absolute Gasteiger partial charge is 0.465 e. The Kier molecular flexibility index (Phi) is 3.10. The second-order valence-electron chi connectivity index (χ2n) is 4.78. The van der Waals surface area contributed by atoms with Gasteiger partial charge >= 0.3 is 22.0 Å². The van der Waals surface area contributed by atoms with Gasteiger partial charge in [-0.05, 0) is 18.6 Å². The minimum Gasteiger partial charge on any atom is -0.465 e. The lowest BCUT2D eigenvalue weighted by atomic mass is 10.1. The highest BCUT2D eigenvalue weighted by molar-refractivity contribution is 7.84. The number of carbonyl (C=O) groups excluding carboxylic acids is 1. The minimum atomic E-state index is -4.72. The number of hydrogen-bond acceptors (Lipinski definition) is 5. The van der Waals surface area contributed by atoms with Crippen molar-refractivity contribution in [1.29, 1.82) is 0 Å². The summed E-state index contributed by atoms with van der Waals surface area (Å²) in [7, 11) is -4.72. The van der Waals surface area contributed by atoms with Crippen molar-refractivity contribution in [3.05, 3.63) is 34.7 Å². The molecule has 112 valence electrons. The predicted molar refractivity (Wildman–Crippen MR) is 72.2 cm³/mol. The van der Waals surface area contributed by atoms with E-state index in [1.54, 1.807) is 18.2 Å². The van der Waals surface area contributed by atoms with Crippen LogP contribution in [0.4, 0.5) is 0 Å². The van der Waals surface area contributed by atoms with Gasteiger partial charge < -0.3 is 4.74 Å². The average molecular weight is 312 g/mol. The third-order valence-electron chi connectivity index (χ3n) is 3.47. The maximum absolute atomic E-state index is 12.3. The summed E-state index contributed by atoms with van der Waals surface area (Å²) < 4.78 is 38.3. The number of para-hydroxylation sites is 2. The lowest BCUT2D eigenvalue weighted by Crippen LogP contribution is -2.31. The van der Waals surface area contributed by atoms with Crippen molar-refractivity contribution < 1.29 is 22.5 Å². The van der Waals surface area contributed by atoms with Gasteiger partial charge in [0.2, 0.25) is 0 Å². The van der Waals surface area contributed by atoms with E-state index in [9.17, 15) is 22.6 Å². The number of hydrogen-bond donors (Lipinski definition) is 1. The van der Waals surface area contributed by atoms with E-state index in [1.807, 2.05) is 0 Å². The number of esters is 1. The van der Waals surface area contributed by atoms with Crippen LogP contribution in [-0.2, 0) is 26.4 Å². The third kappa shape index (κ3) is 2.24. The van der Waals surface area contributed by atoms with Crippen molar-refractivity contribution in [2.24, 2.45) is 5.92 Å². The van der Waals surface area contributed by atoms with Crippen LogP contribution in [-0.4, -0.2) is 34.1 Å². The Morgan fingerprint density at radius 1 is 1.24 bits per heavy atom. The van der Waals surface area contributed by atoms with E-state index < -0.39 is 27.9 Å². The van der Waals surface area contributed by atoms with Crippen LogP contribution in [0.2, 0.25) is 0 Å². The van der Waals surface area contributed by atoms with E-state index in [0.29, 0.717) is 15.9 Å². The summed E-state index contributed by atoms with van der Waals surface area (Å²) in [6.45, 7) is 0.301. The van der Waals surface area contributed by atoms with Crippen LogP contribution in [0.15, 0.2) is 29.1 Å². The molecule has 0 bridgehead atoms. The molecule has 9 heteroatoms. The molecule has 1 aliphatic heterocycles. The molecule has 2 heterocycles. The number of ether oxygens (including phenoxy) is 1. The topological polar surface area (TPSA) is 108 Å². The number of carbonyl (C=O) groups is 1. The number of nitrogens with zero attached hydrogens (tertiary/aromatic N) is 2. The summed E-state index contributed by atoms with van der Waals surface area (Å²) in [6.07, 6.45) is 0.469. The van der Waals surface area contributed by atoms with Gasteiger partial charge in [0.25, 0.3) is 0 Å². The van der Waals surface area contributed by atoms with Gasteiger partial charge in [0, 0.05) is 6.54 Å². The molecule has 3 rings (SSSR count). The highest BCUT2D eigenvalue weighted by Crippen LogP contribution is 2.20. The smallest absolute Gasteiger partial charge is 0.368 e. The zero-order valence-corrected chi connectivity index (χ0v) is 11.6. The molecule has 21 heavy (non-hydrogen) atoms. The van der Waals surface area contributed by atoms with E-state index in [1.165, 1.54) is 10.6 Å². The molecule has 1 N–H and O–H groups in total. The van der Waals surface area contributed by atoms with Gasteiger partial charge in [-0.2, -0.15) is 12.4 Å². The monoisotopic (exact) mass is 312 g/mol. The molecule has 1 aliphatic rings. The van der Waals surface area contributed by atoms with Crippen molar-refractivity contribution in [2.45, 2.75) is 13.0 Å². The first kappa shape index (κ1) is 13.8. The van der Waals surface area contributed by atoms with Crippen molar-refractivity contribution in [3.8, 4) is 0 Å². The number of rotatable bonds is 3. The van der Waals surface area contributed by atoms with Crippen LogP contribution in [0.3, 0.4) is 0 Å². The summed E-state index contributed by atoms with van der Waals surface area (Å²) in [5, 5.41) is 0. The van der Waals surface area contributed by atoms with Gasteiger partial charge in [-0.1, -0.05) is 12.1 Å². The van der Waals surface area contributed by atoms with Crippen molar-refractivity contribution in [1.82, 2.24) is 8.54 Å². The zero-order chi connectivity index (χ0) is 15.2. The predicted octanol–water partition coefficient (Wildman–Crippen LogP) is 0.0170. The fraction of sp³-hybridized carbons (Fsp3) is 0.333. The van der Waals surface area contributed by atoms with Crippen LogP contribution in [0, 0.1) is 5.92 Å². The minimum absolute atomic E-state index is 0.0146. The number of aromatic nitrogens is 2.